The molecule has 1 aromatic rings. The molecule has 0 saturated carbocycles. The maximum Gasteiger partial charge on any atom is 0.294 e. The van der Waals surface area contributed by atoms with E-state index in [1.54, 1.807) is 0 Å². The maximum absolute atomic E-state index is 11.2. The zero-order chi connectivity index (χ0) is 17.1. The second kappa shape index (κ2) is 6.48. The van der Waals surface area contributed by atoms with Gasteiger partial charge >= 0.3 is 0 Å². The molecule has 10 heteroatoms. The van der Waals surface area contributed by atoms with E-state index >= 15 is 0 Å². The Hall–Kier alpha value is -1.88. The summed E-state index contributed by atoms with van der Waals surface area (Å²) in [6.45, 7) is 1.09. The quantitative estimate of drug-likeness (QED) is 0.456. The molecule has 8 nitrogen and oxygen atoms in total. The van der Waals surface area contributed by atoms with E-state index in [9.17, 15) is 21.6 Å². The first-order valence-corrected chi connectivity index (χ1v) is 8.58. The minimum Gasteiger partial charge on any atom is -0.296 e. The molecule has 1 rings (SSSR count). The van der Waals surface area contributed by atoms with Crippen molar-refractivity contribution in [1.82, 2.24) is 0 Å². The summed E-state index contributed by atoms with van der Waals surface area (Å²) in [5.41, 5.74) is 0.0714. The number of hydrogen-bond acceptors (Lipinski definition) is 6. The number of carbonyl (C=O) groups excluding carboxylic acids is 1. The van der Waals surface area contributed by atoms with E-state index in [1.165, 1.54) is 13.1 Å². The standard InChI is InChI=1S/C12H13NO7S2/c1-8(21(15,16)17)5-9-6-10(22(18,19)20)3-4-11(9)12(7-14)13-2/h3-7H,1-2H3,(H,15,16,17)(H,18,19,20)/b8-5+,13-12+. The van der Waals surface area contributed by atoms with Crippen molar-refractivity contribution < 1.29 is 30.7 Å². The van der Waals surface area contributed by atoms with Crippen LogP contribution in [-0.2, 0) is 25.0 Å². The van der Waals surface area contributed by atoms with Crippen molar-refractivity contribution in [2.45, 2.75) is 11.8 Å². The Kier molecular flexibility index (Phi) is 5.35. The lowest BCUT2D eigenvalue weighted by Gasteiger charge is -2.08. The fraction of sp³-hybridized carbons (Fsp3) is 0.167. The zero-order valence-electron chi connectivity index (χ0n) is 11.6. The third kappa shape index (κ3) is 4.31. The van der Waals surface area contributed by atoms with Crippen LogP contribution in [0.5, 0.6) is 0 Å². The van der Waals surface area contributed by atoms with Crippen LogP contribution in [0.4, 0.5) is 0 Å². The second-order valence-electron chi connectivity index (χ2n) is 4.18. The van der Waals surface area contributed by atoms with Gasteiger partial charge in [-0.1, -0.05) is 6.07 Å². The number of hydrogen-bond donors (Lipinski definition) is 2. The van der Waals surface area contributed by atoms with Gasteiger partial charge in [0.25, 0.3) is 20.2 Å². The van der Waals surface area contributed by atoms with Crippen LogP contribution in [0, 0.1) is 0 Å². The highest BCUT2D eigenvalue weighted by Gasteiger charge is 2.16. The minimum absolute atomic E-state index is 0.0158. The van der Waals surface area contributed by atoms with Gasteiger partial charge in [-0.3, -0.25) is 18.9 Å². The molecule has 0 bridgehead atoms. The van der Waals surface area contributed by atoms with Crippen LogP contribution in [0.3, 0.4) is 0 Å². The molecular weight excluding hydrogens is 334 g/mol. The Morgan fingerprint density at radius 3 is 2.18 bits per heavy atom. The average Bonchev–Trinajstić information content (AvgIpc) is 2.39. The summed E-state index contributed by atoms with van der Waals surface area (Å²) >= 11 is 0. The number of allylic oxidation sites excluding steroid dienone is 1. The van der Waals surface area contributed by atoms with Crippen molar-refractivity contribution in [1.29, 1.82) is 0 Å². The highest BCUT2D eigenvalue weighted by atomic mass is 32.2. The first kappa shape index (κ1) is 18.2. The molecule has 0 aromatic heterocycles. The van der Waals surface area contributed by atoms with Crippen molar-refractivity contribution in [3.63, 3.8) is 0 Å². The Bertz CT molecular complexity index is 865. The predicted octanol–water partition coefficient (Wildman–Crippen LogP) is 0.800. The molecule has 0 unspecified atom stereocenters. The molecule has 0 radical (unpaired) electrons. The van der Waals surface area contributed by atoms with Gasteiger partial charge in [-0.15, -0.1) is 0 Å². The summed E-state index contributed by atoms with van der Waals surface area (Å²) in [4.78, 5) is 13.7. The lowest BCUT2D eigenvalue weighted by molar-refractivity contribution is -0.102. The Labute approximate surface area is 127 Å². The van der Waals surface area contributed by atoms with Crippen molar-refractivity contribution in [2.24, 2.45) is 4.99 Å². The molecule has 0 spiro atoms. The Morgan fingerprint density at radius 2 is 1.77 bits per heavy atom. The second-order valence-corrected chi connectivity index (χ2v) is 7.20. The maximum atomic E-state index is 11.2. The first-order chi connectivity index (χ1) is 10.0. The van der Waals surface area contributed by atoms with Crippen molar-refractivity contribution >= 4 is 38.3 Å². The Morgan fingerprint density at radius 1 is 1.18 bits per heavy atom. The van der Waals surface area contributed by atoms with E-state index in [4.69, 9.17) is 9.11 Å². The number of aliphatic imine (C=N–C) groups is 1. The molecule has 0 atom stereocenters. The third-order valence-electron chi connectivity index (χ3n) is 2.72. The van der Waals surface area contributed by atoms with E-state index in [1.807, 2.05) is 0 Å². The highest BCUT2D eigenvalue weighted by molar-refractivity contribution is 7.89. The molecule has 0 fully saturated rings. The third-order valence-corrected chi connectivity index (χ3v) is 4.50. The highest BCUT2D eigenvalue weighted by Crippen LogP contribution is 2.21. The van der Waals surface area contributed by atoms with Crippen LogP contribution in [0.1, 0.15) is 18.1 Å². The number of carbonyl (C=O) groups is 1. The molecule has 0 heterocycles. The fourth-order valence-electron chi connectivity index (χ4n) is 1.58. The van der Waals surface area contributed by atoms with Gasteiger partial charge in [0.1, 0.15) is 5.71 Å². The van der Waals surface area contributed by atoms with Crippen molar-refractivity contribution in [3.8, 4) is 0 Å². The summed E-state index contributed by atoms with van der Waals surface area (Å²) in [7, 11) is -7.68. The number of aldehydes is 1. The normalized spacial score (nSPS) is 14.0. The number of rotatable bonds is 5. The van der Waals surface area contributed by atoms with Gasteiger partial charge < -0.3 is 0 Å². The molecule has 0 amide bonds. The first-order valence-electron chi connectivity index (χ1n) is 5.70. The molecule has 120 valence electrons. The zero-order valence-corrected chi connectivity index (χ0v) is 13.2. The van der Waals surface area contributed by atoms with Gasteiger partial charge in [0.2, 0.25) is 0 Å². The SMILES string of the molecule is C/N=C(\C=O)c1ccc(S(=O)(=O)O)cc1/C=C(\C)S(=O)(=O)O. The number of benzene rings is 1. The largest absolute Gasteiger partial charge is 0.296 e. The van der Waals surface area contributed by atoms with Crippen LogP contribution in [0.25, 0.3) is 6.08 Å². The monoisotopic (exact) mass is 347 g/mol. The predicted molar refractivity (Wildman–Crippen MR) is 80.0 cm³/mol. The van der Waals surface area contributed by atoms with Gasteiger partial charge in [0.05, 0.1) is 9.80 Å². The van der Waals surface area contributed by atoms with E-state index in [-0.39, 0.29) is 16.8 Å². The van der Waals surface area contributed by atoms with Crippen molar-refractivity contribution in [3.05, 3.63) is 34.2 Å². The Balaban J connectivity index is 3.72. The van der Waals surface area contributed by atoms with Gasteiger partial charge in [-0.05, 0) is 30.7 Å². The number of nitrogens with zero attached hydrogens (tertiary/aromatic N) is 1. The molecular formula is C12H13NO7S2. The average molecular weight is 347 g/mol. The smallest absolute Gasteiger partial charge is 0.294 e. The van der Waals surface area contributed by atoms with Crippen LogP contribution in [0.2, 0.25) is 0 Å². The van der Waals surface area contributed by atoms with Gasteiger partial charge in [-0.25, -0.2) is 0 Å². The van der Waals surface area contributed by atoms with Gasteiger partial charge in [-0.2, -0.15) is 16.8 Å². The molecule has 22 heavy (non-hydrogen) atoms. The molecule has 0 aliphatic carbocycles. The van der Waals surface area contributed by atoms with Gasteiger partial charge in [0, 0.05) is 12.6 Å². The summed E-state index contributed by atoms with van der Waals surface area (Å²) in [5, 5.41) is 0. The summed E-state index contributed by atoms with van der Waals surface area (Å²) in [6, 6.07) is 3.20. The molecule has 0 aliphatic heterocycles. The summed E-state index contributed by atoms with van der Waals surface area (Å²) in [6.07, 6.45) is 1.37. The van der Waals surface area contributed by atoms with Gasteiger partial charge in [0.15, 0.2) is 6.29 Å². The van der Waals surface area contributed by atoms with Crippen LogP contribution >= 0.6 is 0 Å². The van der Waals surface area contributed by atoms with Crippen LogP contribution in [0.15, 0.2) is 33.0 Å². The lowest BCUT2D eigenvalue weighted by Crippen LogP contribution is -2.08. The van der Waals surface area contributed by atoms with E-state index in [2.05, 4.69) is 4.99 Å². The summed E-state index contributed by atoms with van der Waals surface area (Å²) in [5.74, 6) is 0. The van der Waals surface area contributed by atoms with Crippen LogP contribution in [-0.4, -0.2) is 45.0 Å². The molecule has 1 aromatic carbocycles. The lowest BCUT2D eigenvalue weighted by atomic mass is 10.0. The van der Waals surface area contributed by atoms with E-state index in [0.29, 0.717) is 6.29 Å². The topological polar surface area (TPSA) is 138 Å². The van der Waals surface area contributed by atoms with Crippen LogP contribution < -0.4 is 0 Å². The van der Waals surface area contributed by atoms with Crippen molar-refractivity contribution in [2.75, 3.05) is 7.05 Å². The molecule has 0 aliphatic rings. The summed E-state index contributed by atoms with van der Waals surface area (Å²) < 4.78 is 62.4. The molecule has 0 saturated heterocycles. The minimum atomic E-state index is -4.52. The fourth-order valence-corrected chi connectivity index (χ4v) is 2.38. The van der Waals surface area contributed by atoms with E-state index < -0.39 is 30.0 Å². The van der Waals surface area contributed by atoms with E-state index in [0.717, 1.165) is 25.1 Å². The molecule has 2 N–H and O–H groups in total.